The highest BCUT2D eigenvalue weighted by Gasteiger charge is 2.30. The molecule has 0 aromatic heterocycles. The van der Waals surface area contributed by atoms with Gasteiger partial charge in [-0.05, 0) is 287 Å². The predicted molar refractivity (Wildman–Crippen MR) is 609 cm³/mol. The second-order valence-corrected chi connectivity index (χ2v) is 41.6. The summed E-state index contributed by atoms with van der Waals surface area (Å²) in [5.74, 6) is 0.879. The average Bonchev–Trinajstić information content (AvgIpc) is 0.781. The van der Waals surface area contributed by atoms with Crippen LogP contribution in [0.3, 0.4) is 0 Å². The third kappa shape index (κ3) is 37.7. The maximum atomic E-state index is 9.67. The van der Waals surface area contributed by atoms with E-state index in [2.05, 4.69) is 512 Å². The van der Waals surface area contributed by atoms with Crippen LogP contribution in [-0.2, 0) is 39.3 Å². The van der Waals surface area contributed by atoms with E-state index < -0.39 is 7.54 Å². The Morgan fingerprint density at radius 1 is 0.250 bits per heavy atom. The smallest absolute Gasteiger partial charge is 0.762 e. The Morgan fingerprint density at radius 3 is 0.875 bits per heavy atom. The summed E-state index contributed by atoms with van der Waals surface area (Å²) in [6, 6.07) is 111. The van der Waals surface area contributed by atoms with Gasteiger partial charge < -0.3 is 85.4 Å². The van der Waals surface area contributed by atoms with Gasteiger partial charge in [-0.2, -0.15) is 0 Å². The minimum atomic E-state index is -3.67. The fraction of sp³-hybridized carbons (Fsp3) is 0.376. The number of quaternary nitrogens is 7. The summed E-state index contributed by atoms with van der Waals surface area (Å²) < 4.78 is 41.7. The first-order valence-corrected chi connectivity index (χ1v) is 50.0. The SMILES string of the molecule is C.C.C.CC[N+](CC)(CC)Cc1cccc(N(c2ccc(C)c(C[N+](CC)(CC)CC)c2)c2ccc(C)c(C[N+](CC)(CC)CC)c2)c1.Cc1ccc(N(c2ccc(C)cc2)c2ccc(C[N+](C)(C)C)cc2C[N+](C)(C)C)cc1.Cc1ccc(N(c2ccc(C)cc2)c2ccc(C[N+](C)(C)c3ccccc3)cc2)cc1.Cc1ccc(N(c2ccc(C)cc2)c2cccc(OC[N+](C)(C)C)c2)cc1.FB(F)F.[Br-].[Br-].[F-]. The molecule has 0 bridgehead atoms. The van der Waals surface area contributed by atoms with Crippen molar-refractivity contribution in [3.63, 3.8) is 0 Å². The van der Waals surface area contributed by atoms with Crippen molar-refractivity contribution in [3.8, 4) is 5.75 Å². The Balaban J connectivity index is 0.000000488. The molecule has 144 heavy (non-hydrogen) atoms. The summed E-state index contributed by atoms with van der Waals surface area (Å²) in [5.41, 5.74) is 34.4. The number of ether oxygens (including phenoxy) is 1. The van der Waals surface area contributed by atoms with Crippen LogP contribution in [0.4, 0.5) is 86.9 Å². The Kier molecular flexibility index (Phi) is 51.9. The Hall–Kier alpha value is -10.7. The first-order chi connectivity index (χ1) is 65.4. The number of para-hydroxylation sites is 1. The third-order valence-corrected chi connectivity index (χ3v) is 27.3. The van der Waals surface area contributed by atoms with E-state index >= 15 is 0 Å². The van der Waals surface area contributed by atoms with Crippen molar-refractivity contribution in [2.75, 3.05) is 163 Å². The summed E-state index contributed by atoms with van der Waals surface area (Å²) in [4.78, 5) is 9.52. The number of benzene rings is 13. The minimum Gasteiger partial charge on any atom is -1.00 e. The van der Waals surface area contributed by atoms with Gasteiger partial charge in [0.2, 0.25) is 6.73 Å². The van der Waals surface area contributed by atoms with Gasteiger partial charge >= 0.3 is 7.54 Å². The standard InChI is InChI=1S/C41H67N4.C29H31N2.C28H39N3.C24H29N2O.3CH4.BF3.2BrH.FH/c1-12-43(13-2,14-3)31-36-22-21-23-39(28-36)42(40-26-24-34(10)37(29-40)32-44(15-4,16-5)17-6)41-27-25-35(11)38(30-41)33-45(18-7,19-8)20-9;1-23-10-16-26(17-11-23)30(27-18-12-24(2)13-19-27)28-20-14-25(15-21-28)22-31(3,4)29-8-6-5-7-9-29;1-22-9-14-26(15-10-22)29(27-16-11-23(2)12-17-27)28-18-13-24(20-30(3,4)5)19-25(28)21-31(6,7)8;1-19-9-13-21(14-10-19)25(22-15-11-20(2)12-16-22)23-7-6-8-24(17-23)27-18-26(3,4)5;;;;2-1(3)4;;;/h21-30H,12-20,31-33H2,1-11H3;5-21H,22H2,1-4H3;9-19H,20-21H2,1-8H3;6-17H,18H2,1-5H3;3*1H4;;3*1H/q+3;+1;+2;+1;;;;;;;/p-3. The molecule has 0 saturated carbocycles. The first-order valence-electron chi connectivity index (χ1n) is 50.0. The molecule has 13 aromatic rings. The average molecular weight is 2100 g/mol. The van der Waals surface area contributed by atoms with Gasteiger partial charge in [0, 0.05) is 102 Å². The van der Waals surface area contributed by atoms with Crippen molar-refractivity contribution in [1.82, 2.24) is 4.48 Å². The van der Waals surface area contributed by atoms with Crippen molar-refractivity contribution in [1.29, 1.82) is 0 Å². The van der Waals surface area contributed by atoms with Crippen molar-refractivity contribution < 1.29 is 83.2 Å². The molecule has 0 aliphatic heterocycles. The van der Waals surface area contributed by atoms with E-state index in [0.29, 0.717) is 6.73 Å². The van der Waals surface area contributed by atoms with E-state index in [0.717, 1.165) is 152 Å². The Labute approximate surface area is 891 Å². The molecular weight excluding hydrogens is 1920 g/mol. The van der Waals surface area contributed by atoms with Gasteiger partial charge in [-0.25, -0.2) is 0 Å². The summed E-state index contributed by atoms with van der Waals surface area (Å²) in [6.07, 6.45) is 0. The highest BCUT2D eigenvalue weighted by Crippen LogP contribution is 2.43. The van der Waals surface area contributed by atoms with Crippen LogP contribution in [-0.4, -0.2) is 178 Å². The number of hydrogen-bond donors (Lipinski definition) is 0. The van der Waals surface area contributed by atoms with Crippen molar-refractivity contribution in [2.45, 2.75) is 179 Å². The highest BCUT2D eigenvalue weighted by atomic mass is 79.9. The van der Waals surface area contributed by atoms with Crippen LogP contribution in [0.25, 0.3) is 0 Å². The molecule has 12 nitrogen and oxygen atoms in total. The van der Waals surface area contributed by atoms with E-state index in [1.54, 1.807) is 0 Å². The monoisotopic (exact) mass is 2090 g/mol. The Morgan fingerprint density at radius 2 is 0.535 bits per heavy atom. The molecule has 0 fully saturated rings. The van der Waals surface area contributed by atoms with Crippen molar-refractivity contribution in [3.05, 3.63) is 381 Å². The maximum absolute atomic E-state index is 9.67. The molecule has 0 unspecified atom stereocenters. The van der Waals surface area contributed by atoms with Crippen LogP contribution in [0.15, 0.2) is 303 Å². The van der Waals surface area contributed by atoms with E-state index in [-0.39, 0.29) is 60.9 Å². The van der Waals surface area contributed by atoms with E-state index in [9.17, 15) is 12.9 Å². The van der Waals surface area contributed by atoms with Gasteiger partial charge in [-0.3, -0.25) is 21.9 Å². The summed E-state index contributed by atoms with van der Waals surface area (Å²) >= 11 is 0. The van der Waals surface area contributed by atoms with Gasteiger partial charge in [0.05, 0.1) is 142 Å². The zero-order valence-electron chi connectivity index (χ0n) is 90.4. The Bertz CT molecular complexity index is 5650. The molecule has 0 radical (unpaired) electrons. The lowest BCUT2D eigenvalue weighted by atomic mass is 10.0. The number of aryl methyl sites for hydroxylation is 8. The number of halogens is 6. The molecule has 19 heteroatoms. The second-order valence-electron chi connectivity index (χ2n) is 41.6. The normalized spacial score (nSPS) is 11.3. The molecule has 0 aliphatic rings. The first kappa shape index (κ1) is 127. The molecule has 0 amide bonds. The van der Waals surface area contributed by atoms with E-state index in [1.165, 1.54) is 135 Å². The largest absolute Gasteiger partial charge is 1.00 e. The van der Waals surface area contributed by atoms with Gasteiger partial charge in [-0.15, -0.1) is 0 Å². The zero-order valence-corrected chi connectivity index (χ0v) is 93.5. The molecule has 780 valence electrons. The topological polar surface area (TPSA) is 22.2 Å². The van der Waals surface area contributed by atoms with Gasteiger partial charge in [0.25, 0.3) is 0 Å². The predicted octanol–water partition coefficient (Wildman–Crippen LogP) is 23.2. The molecule has 13 aromatic carbocycles. The van der Waals surface area contributed by atoms with Crippen LogP contribution in [0.1, 0.15) is 162 Å². The number of anilines is 12. The van der Waals surface area contributed by atoms with Gasteiger partial charge in [-0.1, -0.05) is 195 Å². The fourth-order valence-electron chi connectivity index (χ4n) is 18.0. The van der Waals surface area contributed by atoms with Gasteiger partial charge in [0.1, 0.15) is 50.7 Å². The van der Waals surface area contributed by atoms with Crippen molar-refractivity contribution in [2.24, 2.45) is 0 Å². The molecule has 0 atom stereocenters. The summed E-state index contributed by atoms with van der Waals surface area (Å²) in [5, 5.41) is 0. The zero-order chi connectivity index (χ0) is 101. The lowest BCUT2D eigenvalue weighted by molar-refractivity contribution is -0.936. The summed E-state index contributed by atoms with van der Waals surface area (Å²) in [6.45, 7) is 55.6. The quantitative estimate of drug-likeness (QED) is 0.0167. The third-order valence-electron chi connectivity index (χ3n) is 27.3. The van der Waals surface area contributed by atoms with Crippen LogP contribution >= 0.6 is 0 Å². The number of nitrogens with zero attached hydrogens (tertiary/aromatic N) is 11. The van der Waals surface area contributed by atoms with Crippen LogP contribution in [0.2, 0.25) is 0 Å². The van der Waals surface area contributed by atoms with E-state index in [4.69, 9.17) is 4.74 Å². The van der Waals surface area contributed by atoms with E-state index in [1.807, 2.05) is 6.07 Å². The molecule has 0 saturated heterocycles. The molecule has 0 aliphatic carbocycles. The van der Waals surface area contributed by atoms with Crippen LogP contribution < -0.4 is 67.5 Å². The summed E-state index contributed by atoms with van der Waals surface area (Å²) in [7, 11) is 20.7. The second kappa shape index (κ2) is 58.6. The molecule has 13 rings (SSSR count). The number of rotatable bonds is 37. The number of hydrogen-bond acceptors (Lipinski definition) is 5. The lowest BCUT2D eigenvalue weighted by Gasteiger charge is -2.37. The molecule has 0 heterocycles. The molecule has 0 spiro atoms. The maximum Gasteiger partial charge on any atom is 0.762 e. The van der Waals surface area contributed by atoms with Gasteiger partial charge in [0.15, 0.2) is 0 Å². The molecular formula is C125H178BBr2F4N11O+4. The molecule has 0 N–H and O–H groups in total. The minimum absolute atomic E-state index is 0. The highest BCUT2D eigenvalue weighted by molar-refractivity contribution is 6.33. The van der Waals surface area contributed by atoms with Crippen molar-refractivity contribution >= 4 is 81.5 Å². The fourth-order valence-corrected chi connectivity index (χ4v) is 18.0. The van der Waals surface area contributed by atoms with Crippen LogP contribution in [0, 0.1) is 55.4 Å². The lowest BCUT2D eigenvalue weighted by Crippen LogP contribution is -3.00. The van der Waals surface area contributed by atoms with Crippen LogP contribution in [0.5, 0.6) is 5.75 Å².